The van der Waals surface area contributed by atoms with E-state index in [4.69, 9.17) is 4.74 Å². The van der Waals surface area contributed by atoms with Gasteiger partial charge in [-0.3, -0.25) is 4.79 Å². The van der Waals surface area contributed by atoms with Gasteiger partial charge in [0.05, 0.1) is 14.2 Å². The highest BCUT2D eigenvalue weighted by molar-refractivity contribution is 7.14. The zero-order chi connectivity index (χ0) is 17.6. The second-order valence-electron chi connectivity index (χ2n) is 5.74. The predicted molar refractivity (Wildman–Crippen MR) is 103 cm³/mol. The van der Waals surface area contributed by atoms with Gasteiger partial charge in [0.25, 0.3) is 5.91 Å². The summed E-state index contributed by atoms with van der Waals surface area (Å²) in [6, 6.07) is 9.40. The number of nitrogens with one attached hydrogen (secondary N) is 2. The number of thiophene rings is 1. The molecule has 1 aromatic carbocycles. The van der Waals surface area contributed by atoms with Crippen molar-refractivity contribution in [2.75, 3.05) is 26.0 Å². The number of methoxy groups -OCH3 is 1. The number of ether oxygens (including phenoxy) is 1. The van der Waals surface area contributed by atoms with E-state index in [1.807, 2.05) is 31.3 Å². The van der Waals surface area contributed by atoms with Crippen molar-refractivity contribution in [1.29, 1.82) is 0 Å². The van der Waals surface area contributed by atoms with E-state index < -0.39 is 0 Å². The van der Waals surface area contributed by atoms with Crippen LogP contribution in [-0.4, -0.2) is 31.6 Å². The minimum atomic E-state index is -0.0176. The minimum absolute atomic E-state index is 0.0176. The molecule has 1 amide bonds. The number of hydrogen-bond acceptors (Lipinski definition) is 5. The number of aromatic nitrogens is 1. The molecule has 3 rings (SSSR count). The Morgan fingerprint density at radius 3 is 2.72 bits per heavy atom. The molecular formula is C18H20N3O2S2+. The number of carbonyl (C=O) groups is 1. The fourth-order valence-electron chi connectivity index (χ4n) is 2.43. The molecular weight excluding hydrogens is 354 g/mol. The number of benzene rings is 1. The van der Waals surface area contributed by atoms with Gasteiger partial charge in [-0.05, 0) is 35.7 Å². The van der Waals surface area contributed by atoms with Gasteiger partial charge >= 0.3 is 0 Å². The summed E-state index contributed by atoms with van der Waals surface area (Å²) in [6.45, 7) is 1.11. The third kappa shape index (κ3) is 4.88. The molecule has 2 N–H and O–H groups in total. The second kappa shape index (κ2) is 8.24. The molecule has 1 unspecified atom stereocenters. The van der Waals surface area contributed by atoms with Gasteiger partial charge in [-0.15, -0.1) is 11.3 Å². The number of anilines is 1. The molecule has 130 valence electrons. The monoisotopic (exact) mass is 374 g/mol. The second-order valence-corrected chi connectivity index (χ2v) is 7.38. The number of rotatable bonds is 7. The average molecular weight is 375 g/mol. The van der Waals surface area contributed by atoms with Crippen molar-refractivity contribution in [2.45, 2.75) is 6.54 Å². The highest BCUT2D eigenvalue weighted by atomic mass is 32.1. The molecule has 0 bridgehead atoms. The third-order valence-corrected chi connectivity index (χ3v) is 5.26. The zero-order valence-electron chi connectivity index (χ0n) is 14.1. The van der Waals surface area contributed by atoms with Crippen LogP contribution < -0.4 is 15.0 Å². The molecule has 2 heterocycles. The van der Waals surface area contributed by atoms with Crippen LogP contribution in [0.15, 0.2) is 46.5 Å². The van der Waals surface area contributed by atoms with Gasteiger partial charge in [-0.2, -0.15) is 11.3 Å². The SMILES string of the molecule is COc1ccc(NC(=O)C[NH+](C)Cc2csc(-c3ccsc3)n2)cc1. The first-order valence-electron chi connectivity index (χ1n) is 7.86. The van der Waals surface area contributed by atoms with Crippen LogP contribution >= 0.6 is 22.7 Å². The maximum Gasteiger partial charge on any atom is 0.279 e. The summed E-state index contributed by atoms with van der Waals surface area (Å²) in [5.41, 5.74) is 2.95. The van der Waals surface area contributed by atoms with Crippen molar-refractivity contribution in [1.82, 2.24) is 4.98 Å². The summed E-state index contributed by atoms with van der Waals surface area (Å²) in [5.74, 6) is 0.752. The summed E-state index contributed by atoms with van der Waals surface area (Å²) < 4.78 is 5.11. The highest BCUT2D eigenvalue weighted by Gasteiger charge is 2.13. The number of hydrogen-bond donors (Lipinski definition) is 2. The van der Waals surface area contributed by atoms with E-state index in [0.717, 1.165) is 39.1 Å². The lowest BCUT2D eigenvalue weighted by Gasteiger charge is -2.12. The van der Waals surface area contributed by atoms with Crippen molar-refractivity contribution < 1.29 is 14.4 Å². The van der Waals surface area contributed by atoms with Gasteiger partial charge in [-0.1, -0.05) is 0 Å². The maximum atomic E-state index is 12.2. The third-order valence-electron chi connectivity index (χ3n) is 3.64. The van der Waals surface area contributed by atoms with Gasteiger partial charge < -0.3 is 15.0 Å². The molecule has 2 aromatic heterocycles. The maximum absolute atomic E-state index is 12.2. The number of quaternary nitrogens is 1. The lowest BCUT2D eigenvalue weighted by molar-refractivity contribution is -0.885. The van der Waals surface area contributed by atoms with Crippen LogP contribution in [0.25, 0.3) is 10.6 Å². The Kier molecular flexibility index (Phi) is 5.80. The molecule has 5 nitrogen and oxygen atoms in total. The molecule has 0 fully saturated rings. The molecule has 0 spiro atoms. The minimum Gasteiger partial charge on any atom is -0.497 e. The molecule has 0 aliphatic heterocycles. The lowest BCUT2D eigenvalue weighted by atomic mass is 10.3. The first-order chi connectivity index (χ1) is 12.1. The molecule has 3 aromatic rings. The summed E-state index contributed by atoms with van der Waals surface area (Å²) in [7, 11) is 3.62. The van der Waals surface area contributed by atoms with E-state index in [1.54, 1.807) is 29.8 Å². The van der Waals surface area contributed by atoms with Crippen LogP contribution in [0.4, 0.5) is 5.69 Å². The standard InChI is InChI=1S/C18H19N3O2S2/c1-21(9-15-12-25-18(20-15)13-7-8-24-11-13)10-17(22)19-14-3-5-16(23-2)6-4-14/h3-8,11-12H,9-10H2,1-2H3,(H,19,22)/p+1. The van der Waals surface area contributed by atoms with Crippen molar-refractivity contribution in [3.8, 4) is 16.3 Å². The molecule has 7 heteroatoms. The molecule has 0 radical (unpaired) electrons. The van der Waals surface area contributed by atoms with Gasteiger partial charge in [0.15, 0.2) is 6.54 Å². The Labute approximate surface area is 154 Å². The van der Waals surface area contributed by atoms with Crippen LogP contribution in [-0.2, 0) is 11.3 Å². The van der Waals surface area contributed by atoms with Crippen molar-refractivity contribution in [2.24, 2.45) is 0 Å². The van der Waals surface area contributed by atoms with Crippen LogP contribution in [0.1, 0.15) is 5.69 Å². The van der Waals surface area contributed by atoms with Crippen LogP contribution in [0.5, 0.6) is 5.75 Å². The fourth-order valence-corrected chi connectivity index (χ4v) is 3.96. The van der Waals surface area contributed by atoms with E-state index in [1.165, 1.54) is 0 Å². The average Bonchev–Trinajstić information content (AvgIpc) is 3.26. The van der Waals surface area contributed by atoms with Crippen LogP contribution in [0.2, 0.25) is 0 Å². The lowest BCUT2D eigenvalue weighted by Crippen LogP contribution is -3.08. The van der Waals surface area contributed by atoms with Gasteiger partial charge in [0.1, 0.15) is 23.0 Å². The number of carbonyl (C=O) groups excluding carboxylic acids is 1. The zero-order valence-corrected chi connectivity index (χ0v) is 15.7. The molecule has 0 saturated heterocycles. The number of amides is 1. The fraction of sp³-hybridized carbons (Fsp3) is 0.222. The van der Waals surface area contributed by atoms with Crippen molar-refractivity contribution in [3.05, 3.63) is 52.2 Å². The first-order valence-corrected chi connectivity index (χ1v) is 9.68. The van der Waals surface area contributed by atoms with E-state index in [0.29, 0.717) is 6.54 Å². The Hall–Kier alpha value is -2.22. The summed E-state index contributed by atoms with van der Waals surface area (Å²) in [5, 5.41) is 10.2. The summed E-state index contributed by atoms with van der Waals surface area (Å²) >= 11 is 3.31. The largest absolute Gasteiger partial charge is 0.497 e. The van der Waals surface area contributed by atoms with E-state index >= 15 is 0 Å². The van der Waals surface area contributed by atoms with Crippen molar-refractivity contribution >= 4 is 34.3 Å². The van der Waals surface area contributed by atoms with Crippen LogP contribution in [0.3, 0.4) is 0 Å². The van der Waals surface area contributed by atoms with Gasteiger partial charge in [-0.25, -0.2) is 4.98 Å². The van der Waals surface area contributed by atoms with E-state index in [-0.39, 0.29) is 5.91 Å². The smallest absolute Gasteiger partial charge is 0.279 e. The molecule has 0 aliphatic rings. The van der Waals surface area contributed by atoms with Crippen molar-refractivity contribution in [3.63, 3.8) is 0 Å². The quantitative estimate of drug-likeness (QED) is 0.668. The predicted octanol–water partition coefficient (Wildman–Crippen LogP) is 2.53. The molecule has 1 atom stereocenters. The Morgan fingerprint density at radius 2 is 2.04 bits per heavy atom. The Morgan fingerprint density at radius 1 is 1.24 bits per heavy atom. The van der Waals surface area contributed by atoms with E-state index in [9.17, 15) is 4.79 Å². The van der Waals surface area contributed by atoms with Gasteiger partial charge in [0, 0.05) is 22.0 Å². The topological polar surface area (TPSA) is 55.7 Å². The molecule has 0 saturated carbocycles. The Bertz CT molecular complexity index is 813. The summed E-state index contributed by atoms with van der Waals surface area (Å²) in [4.78, 5) is 17.9. The Balaban J connectivity index is 1.51. The molecule has 0 aliphatic carbocycles. The van der Waals surface area contributed by atoms with Gasteiger partial charge in [0.2, 0.25) is 0 Å². The first kappa shape index (κ1) is 17.6. The van der Waals surface area contributed by atoms with E-state index in [2.05, 4.69) is 32.5 Å². The number of nitrogens with zero attached hydrogens (tertiary/aromatic N) is 1. The summed E-state index contributed by atoms with van der Waals surface area (Å²) in [6.07, 6.45) is 0. The molecule has 25 heavy (non-hydrogen) atoms. The van der Waals surface area contributed by atoms with Crippen LogP contribution in [0, 0.1) is 0 Å². The number of likely N-dealkylation sites (N-methyl/N-ethyl adjacent to an activating group) is 1. The normalized spacial score (nSPS) is 11.9. The highest BCUT2D eigenvalue weighted by Crippen LogP contribution is 2.25. The number of thiazole rings is 1.